The van der Waals surface area contributed by atoms with Crippen molar-refractivity contribution in [2.75, 3.05) is 0 Å². The highest BCUT2D eigenvalue weighted by molar-refractivity contribution is 7.15. The maximum Gasteiger partial charge on any atom is 0.416 e. The molecule has 0 radical (unpaired) electrons. The van der Waals surface area contributed by atoms with E-state index in [9.17, 15) is 18.0 Å². The van der Waals surface area contributed by atoms with Crippen LogP contribution in [0.25, 0.3) is 10.4 Å². The van der Waals surface area contributed by atoms with E-state index in [4.69, 9.17) is 9.84 Å². The first kappa shape index (κ1) is 26.5. The number of alkyl halides is 3. The first-order valence-corrected chi connectivity index (χ1v) is 12.7. The Morgan fingerprint density at radius 2 is 1.65 bits per heavy atom. The van der Waals surface area contributed by atoms with Crippen LogP contribution in [0.3, 0.4) is 0 Å². The second-order valence-electron chi connectivity index (χ2n) is 9.01. The van der Waals surface area contributed by atoms with Crippen molar-refractivity contribution >= 4 is 17.3 Å². The van der Waals surface area contributed by atoms with Crippen molar-refractivity contribution in [2.45, 2.75) is 45.4 Å². The van der Waals surface area contributed by atoms with Crippen molar-refractivity contribution in [2.24, 2.45) is 0 Å². The molecule has 0 aliphatic heterocycles. The van der Waals surface area contributed by atoms with Gasteiger partial charge in [-0.05, 0) is 78.4 Å². The number of halogens is 3. The summed E-state index contributed by atoms with van der Waals surface area (Å²) in [6.45, 7) is 3.93. The Kier molecular flexibility index (Phi) is 8.03. The zero-order valence-electron chi connectivity index (χ0n) is 20.5. The number of hydrogen-bond acceptors (Lipinski definition) is 3. The van der Waals surface area contributed by atoms with Gasteiger partial charge in [0.2, 0.25) is 0 Å². The minimum atomic E-state index is -4.37. The molecule has 0 saturated carbocycles. The van der Waals surface area contributed by atoms with Gasteiger partial charge in [0.1, 0.15) is 11.9 Å². The number of ether oxygens (including phenoxy) is 1. The molecule has 3 nitrogen and oxygen atoms in total. The fourth-order valence-electron chi connectivity index (χ4n) is 4.23. The van der Waals surface area contributed by atoms with E-state index in [0.717, 1.165) is 49.7 Å². The minimum absolute atomic E-state index is 0.0682. The molecule has 0 bridgehead atoms. The topological polar surface area (TPSA) is 46.5 Å². The lowest BCUT2D eigenvalue weighted by atomic mass is 10.0. The lowest BCUT2D eigenvalue weighted by Crippen LogP contribution is -2.11. The molecular weight excluding hydrogens is 497 g/mol. The molecule has 1 unspecified atom stereocenters. The molecule has 0 amide bonds. The molecule has 3 aromatic carbocycles. The highest BCUT2D eigenvalue weighted by Gasteiger charge is 2.30. The van der Waals surface area contributed by atoms with Gasteiger partial charge in [0.15, 0.2) is 0 Å². The Balaban J connectivity index is 1.63. The van der Waals surface area contributed by atoms with Gasteiger partial charge in [0.25, 0.3) is 0 Å². The minimum Gasteiger partial charge on any atom is -0.485 e. The second kappa shape index (κ2) is 11.2. The third-order valence-electron chi connectivity index (χ3n) is 6.21. The zero-order valence-corrected chi connectivity index (χ0v) is 21.3. The Labute approximate surface area is 218 Å². The van der Waals surface area contributed by atoms with E-state index in [1.54, 1.807) is 0 Å². The smallest absolute Gasteiger partial charge is 0.416 e. The highest BCUT2D eigenvalue weighted by atomic mass is 32.1. The molecule has 0 spiro atoms. The van der Waals surface area contributed by atoms with E-state index in [1.807, 2.05) is 68.4 Å². The molecule has 1 heterocycles. The highest BCUT2D eigenvalue weighted by Crippen LogP contribution is 2.39. The standard InChI is InChI=1S/C30H27F3O3S/c1-19-16-25(14-10-22(19)11-15-28(34)35)36-26(18-21-6-4-3-5-7-21)29-20(2)17-27(37-29)23-8-12-24(13-9-23)30(31,32)33/h3-10,12-14,16-17,26H,11,15,18H2,1-2H3,(H,34,35). The molecule has 0 fully saturated rings. The van der Waals surface area contributed by atoms with Gasteiger partial charge >= 0.3 is 12.1 Å². The van der Waals surface area contributed by atoms with Crippen LogP contribution in [-0.4, -0.2) is 11.1 Å². The summed E-state index contributed by atoms with van der Waals surface area (Å²) in [6.07, 6.45) is -3.53. The number of carbonyl (C=O) groups is 1. The van der Waals surface area contributed by atoms with Crippen molar-refractivity contribution < 1.29 is 27.8 Å². The molecule has 1 N–H and O–H groups in total. The van der Waals surface area contributed by atoms with Crippen LogP contribution >= 0.6 is 11.3 Å². The number of aryl methyl sites for hydroxylation is 3. The number of aliphatic carboxylic acids is 1. The maximum atomic E-state index is 13.0. The van der Waals surface area contributed by atoms with Crippen molar-refractivity contribution in [3.63, 3.8) is 0 Å². The summed E-state index contributed by atoms with van der Waals surface area (Å²) in [5, 5.41) is 8.99. The maximum absolute atomic E-state index is 13.0. The molecule has 0 aliphatic carbocycles. The van der Waals surface area contributed by atoms with Crippen LogP contribution in [0.4, 0.5) is 13.2 Å². The van der Waals surface area contributed by atoms with Crippen LogP contribution in [0.5, 0.6) is 5.75 Å². The number of carboxylic acid groups (broad SMARTS) is 1. The van der Waals surface area contributed by atoms with Gasteiger partial charge in [-0.25, -0.2) is 0 Å². The summed E-state index contributed by atoms with van der Waals surface area (Å²) >= 11 is 1.52. The average molecular weight is 525 g/mol. The van der Waals surface area contributed by atoms with Gasteiger partial charge in [0, 0.05) is 22.6 Å². The van der Waals surface area contributed by atoms with Crippen LogP contribution in [0.1, 0.15) is 45.2 Å². The fourth-order valence-corrected chi connectivity index (χ4v) is 5.44. The second-order valence-corrected chi connectivity index (χ2v) is 10.1. The van der Waals surface area contributed by atoms with Crippen molar-refractivity contribution in [3.05, 3.63) is 112 Å². The third kappa shape index (κ3) is 6.80. The molecule has 192 valence electrons. The molecular formula is C30H27F3O3S. The Hall–Kier alpha value is -3.58. The van der Waals surface area contributed by atoms with Gasteiger partial charge in [-0.3, -0.25) is 4.79 Å². The third-order valence-corrected chi connectivity index (χ3v) is 7.59. The van der Waals surface area contributed by atoms with Crippen LogP contribution in [0.15, 0.2) is 78.9 Å². The van der Waals surface area contributed by atoms with Gasteiger partial charge in [-0.15, -0.1) is 11.3 Å². The molecule has 4 aromatic rings. The first-order valence-electron chi connectivity index (χ1n) is 11.9. The van der Waals surface area contributed by atoms with E-state index in [1.165, 1.54) is 23.5 Å². The van der Waals surface area contributed by atoms with Gasteiger partial charge in [-0.1, -0.05) is 48.5 Å². The predicted octanol–water partition coefficient (Wildman–Crippen LogP) is 8.43. The summed E-state index contributed by atoms with van der Waals surface area (Å²) in [4.78, 5) is 12.8. The van der Waals surface area contributed by atoms with E-state index in [-0.39, 0.29) is 12.5 Å². The monoisotopic (exact) mass is 524 g/mol. The summed E-state index contributed by atoms with van der Waals surface area (Å²) in [5.41, 5.74) is 4.10. The summed E-state index contributed by atoms with van der Waals surface area (Å²) in [5.74, 6) is -0.152. The average Bonchev–Trinajstić information content (AvgIpc) is 3.25. The Morgan fingerprint density at radius 3 is 2.27 bits per heavy atom. The number of rotatable bonds is 9. The molecule has 4 rings (SSSR count). The Bertz CT molecular complexity index is 1360. The van der Waals surface area contributed by atoms with Crippen LogP contribution in [0.2, 0.25) is 0 Å². The van der Waals surface area contributed by atoms with Crippen LogP contribution < -0.4 is 4.74 Å². The molecule has 1 atom stereocenters. The molecule has 37 heavy (non-hydrogen) atoms. The van der Waals surface area contributed by atoms with Crippen molar-refractivity contribution in [1.82, 2.24) is 0 Å². The van der Waals surface area contributed by atoms with Gasteiger partial charge in [0.05, 0.1) is 5.56 Å². The summed E-state index contributed by atoms with van der Waals surface area (Å²) in [7, 11) is 0. The van der Waals surface area contributed by atoms with E-state index in [0.29, 0.717) is 18.6 Å². The SMILES string of the molecule is Cc1cc(OC(Cc2ccccc2)c2sc(-c3ccc(C(F)(F)F)cc3)cc2C)ccc1CCC(=O)O. The zero-order chi connectivity index (χ0) is 26.6. The van der Waals surface area contributed by atoms with E-state index >= 15 is 0 Å². The largest absolute Gasteiger partial charge is 0.485 e. The van der Waals surface area contributed by atoms with E-state index < -0.39 is 17.7 Å². The Morgan fingerprint density at radius 1 is 0.946 bits per heavy atom. The fraction of sp³-hybridized carbons (Fsp3) is 0.233. The molecule has 7 heteroatoms. The number of hydrogen-bond donors (Lipinski definition) is 1. The van der Waals surface area contributed by atoms with Crippen molar-refractivity contribution in [1.29, 1.82) is 0 Å². The first-order chi connectivity index (χ1) is 17.6. The van der Waals surface area contributed by atoms with E-state index in [2.05, 4.69) is 0 Å². The quantitative estimate of drug-likeness (QED) is 0.239. The number of thiophene rings is 1. The summed E-state index contributed by atoms with van der Waals surface area (Å²) < 4.78 is 45.5. The number of carboxylic acids is 1. The lowest BCUT2D eigenvalue weighted by Gasteiger charge is -2.20. The number of benzene rings is 3. The van der Waals surface area contributed by atoms with Gasteiger partial charge < -0.3 is 9.84 Å². The van der Waals surface area contributed by atoms with Crippen LogP contribution in [0, 0.1) is 13.8 Å². The lowest BCUT2D eigenvalue weighted by molar-refractivity contribution is -0.138. The van der Waals surface area contributed by atoms with Crippen LogP contribution in [-0.2, 0) is 23.8 Å². The normalized spacial score (nSPS) is 12.4. The molecule has 1 aromatic heterocycles. The van der Waals surface area contributed by atoms with Gasteiger partial charge in [-0.2, -0.15) is 13.2 Å². The molecule has 0 aliphatic rings. The molecule has 0 saturated heterocycles. The van der Waals surface area contributed by atoms with Crippen molar-refractivity contribution in [3.8, 4) is 16.2 Å². The summed E-state index contributed by atoms with van der Waals surface area (Å²) in [6, 6.07) is 22.9. The predicted molar refractivity (Wildman–Crippen MR) is 140 cm³/mol.